The number of thiazole rings is 1. The van der Waals surface area contributed by atoms with E-state index in [-0.39, 0.29) is 11.6 Å². The van der Waals surface area contributed by atoms with Gasteiger partial charge in [-0.2, -0.15) is 0 Å². The first-order chi connectivity index (χ1) is 7.03. The summed E-state index contributed by atoms with van der Waals surface area (Å²) in [6.45, 7) is 8.88. The molecule has 0 amide bonds. The highest BCUT2D eigenvalue weighted by atomic mass is 32.1. The van der Waals surface area contributed by atoms with Crippen LogP contribution in [0.1, 0.15) is 50.0 Å². The van der Waals surface area contributed by atoms with E-state index in [1.807, 2.05) is 20.0 Å². The van der Waals surface area contributed by atoms with Crippen molar-refractivity contribution >= 4 is 11.3 Å². The monoisotopic (exact) mass is 228 g/mol. The Hall–Kier alpha value is -0.450. The zero-order chi connectivity index (χ0) is 11.5. The fourth-order valence-electron chi connectivity index (χ4n) is 1.38. The number of rotatable bonds is 5. The molecule has 0 saturated heterocycles. The first-order valence-corrected chi connectivity index (χ1v) is 6.21. The predicted octanol–water partition coefficient (Wildman–Crippen LogP) is 2.82. The van der Waals surface area contributed by atoms with Crippen LogP contribution in [-0.2, 0) is 10.3 Å². The lowest BCUT2D eigenvalue weighted by molar-refractivity contribution is -0.0324. The van der Waals surface area contributed by atoms with E-state index in [1.54, 1.807) is 11.3 Å². The average Bonchev–Trinajstić information content (AvgIpc) is 2.67. The molecule has 15 heavy (non-hydrogen) atoms. The molecule has 2 atom stereocenters. The molecule has 4 heteroatoms. The van der Waals surface area contributed by atoms with Gasteiger partial charge < -0.3 is 10.5 Å². The Morgan fingerprint density at radius 3 is 2.67 bits per heavy atom. The second-order valence-electron chi connectivity index (χ2n) is 3.87. The Morgan fingerprint density at radius 2 is 2.27 bits per heavy atom. The van der Waals surface area contributed by atoms with Crippen molar-refractivity contribution in [2.45, 2.75) is 45.8 Å². The molecule has 86 valence electrons. The SMILES string of the molecule is CCOC(C)(CC)c1ncc(C(C)N)s1. The van der Waals surface area contributed by atoms with Gasteiger partial charge in [0.15, 0.2) is 0 Å². The molecule has 3 nitrogen and oxygen atoms in total. The summed E-state index contributed by atoms with van der Waals surface area (Å²) >= 11 is 1.65. The summed E-state index contributed by atoms with van der Waals surface area (Å²) in [4.78, 5) is 5.53. The smallest absolute Gasteiger partial charge is 0.125 e. The van der Waals surface area contributed by atoms with Crippen molar-refractivity contribution in [3.05, 3.63) is 16.1 Å². The number of nitrogens with two attached hydrogens (primary N) is 1. The van der Waals surface area contributed by atoms with Crippen LogP contribution in [-0.4, -0.2) is 11.6 Å². The average molecular weight is 228 g/mol. The van der Waals surface area contributed by atoms with E-state index < -0.39 is 0 Å². The van der Waals surface area contributed by atoms with Crippen molar-refractivity contribution in [1.82, 2.24) is 4.98 Å². The maximum Gasteiger partial charge on any atom is 0.125 e. The van der Waals surface area contributed by atoms with Gasteiger partial charge in [-0.25, -0.2) is 4.98 Å². The van der Waals surface area contributed by atoms with Crippen LogP contribution in [0.25, 0.3) is 0 Å². The van der Waals surface area contributed by atoms with Crippen molar-refractivity contribution < 1.29 is 4.74 Å². The van der Waals surface area contributed by atoms with Gasteiger partial charge in [-0.1, -0.05) is 6.92 Å². The molecule has 0 spiro atoms. The zero-order valence-corrected chi connectivity index (χ0v) is 10.7. The summed E-state index contributed by atoms with van der Waals surface area (Å²) < 4.78 is 5.76. The summed E-state index contributed by atoms with van der Waals surface area (Å²) in [5.41, 5.74) is 5.56. The predicted molar refractivity (Wildman–Crippen MR) is 64.0 cm³/mol. The van der Waals surface area contributed by atoms with Gasteiger partial charge in [0.2, 0.25) is 0 Å². The molecule has 0 aromatic carbocycles. The third-order valence-electron chi connectivity index (χ3n) is 2.56. The highest BCUT2D eigenvalue weighted by Gasteiger charge is 2.28. The molecule has 1 aromatic rings. The number of nitrogens with zero attached hydrogens (tertiary/aromatic N) is 1. The zero-order valence-electron chi connectivity index (χ0n) is 9.91. The molecule has 0 aliphatic carbocycles. The number of aromatic nitrogens is 1. The quantitative estimate of drug-likeness (QED) is 0.843. The van der Waals surface area contributed by atoms with E-state index in [4.69, 9.17) is 10.5 Å². The van der Waals surface area contributed by atoms with Gasteiger partial charge in [0.25, 0.3) is 0 Å². The van der Waals surface area contributed by atoms with Crippen LogP contribution in [0.15, 0.2) is 6.20 Å². The lowest BCUT2D eigenvalue weighted by Crippen LogP contribution is -2.24. The molecule has 2 unspecified atom stereocenters. The minimum Gasteiger partial charge on any atom is -0.368 e. The Labute approximate surface area is 95.7 Å². The first kappa shape index (κ1) is 12.6. The van der Waals surface area contributed by atoms with Gasteiger partial charge in [-0.05, 0) is 27.2 Å². The summed E-state index contributed by atoms with van der Waals surface area (Å²) in [6.07, 6.45) is 2.78. The Morgan fingerprint density at radius 1 is 1.60 bits per heavy atom. The van der Waals surface area contributed by atoms with Crippen molar-refractivity contribution in [3.63, 3.8) is 0 Å². The van der Waals surface area contributed by atoms with Crippen LogP contribution in [0.3, 0.4) is 0 Å². The molecular formula is C11H20N2OS. The third kappa shape index (κ3) is 2.77. The van der Waals surface area contributed by atoms with Crippen LogP contribution >= 0.6 is 11.3 Å². The van der Waals surface area contributed by atoms with Crippen LogP contribution < -0.4 is 5.73 Å². The Bertz CT molecular complexity index is 311. The van der Waals surface area contributed by atoms with Gasteiger partial charge in [0, 0.05) is 23.7 Å². The van der Waals surface area contributed by atoms with E-state index in [0.29, 0.717) is 6.61 Å². The first-order valence-electron chi connectivity index (χ1n) is 5.39. The van der Waals surface area contributed by atoms with E-state index in [1.165, 1.54) is 0 Å². The van der Waals surface area contributed by atoms with Crippen molar-refractivity contribution in [2.24, 2.45) is 5.73 Å². The molecule has 0 bridgehead atoms. The Balaban J connectivity index is 2.92. The van der Waals surface area contributed by atoms with Crippen molar-refractivity contribution in [1.29, 1.82) is 0 Å². The fourth-order valence-corrected chi connectivity index (χ4v) is 2.41. The second kappa shape index (κ2) is 5.05. The van der Waals surface area contributed by atoms with E-state index >= 15 is 0 Å². The Kier molecular flexibility index (Phi) is 4.25. The fraction of sp³-hybridized carbons (Fsp3) is 0.727. The highest BCUT2D eigenvalue weighted by Crippen LogP contribution is 2.33. The normalized spacial score (nSPS) is 17.4. The minimum absolute atomic E-state index is 0.0546. The summed E-state index contributed by atoms with van der Waals surface area (Å²) in [5.74, 6) is 0. The van der Waals surface area contributed by atoms with Gasteiger partial charge in [0.1, 0.15) is 10.6 Å². The van der Waals surface area contributed by atoms with Crippen LogP contribution in [0, 0.1) is 0 Å². The molecule has 1 heterocycles. The highest BCUT2D eigenvalue weighted by molar-refractivity contribution is 7.11. The van der Waals surface area contributed by atoms with Crippen LogP contribution in [0.2, 0.25) is 0 Å². The van der Waals surface area contributed by atoms with Crippen LogP contribution in [0.5, 0.6) is 0 Å². The molecule has 0 aliphatic rings. The maximum absolute atomic E-state index is 5.82. The minimum atomic E-state index is -0.257. The topological polar surface area (TPSA) is 48.1 Å². The molecule has 0 radical (unpaired) electrons. The molecule has 0 fully saturated rings. The van der Waals surface area contributed by atoms with E-state index in [2.05, 4.69) is 18.8 Å². The molecule has 2 N–H and O–H groups in total. The molecule has 0 aliphatic heterocycles. The van der Waals surface area contributed by atoms with Gasteiger partial charge in [-0.3, -0.25) is 0 Å². The summed E-state index contributed by atoms with van der Waals surface area (Å²) in [7, 11) is 0. The molecule has 1 rings (SSSR count). The van der Waals surface area contributed by atoms with Crippen LogP contribution in [0.4, 0.5) is 0 Å². The van der Waals surface area contributed by atoms with Gasteiger partial charge >= 0.3 is 0 Å². The lowest BCUT2D eigenvalue weighted by atomic mass is 10.1. The lowest BCUT2D eigenvalue weighted by Gasteiger charge is -2.25. The van der Waals surface area contributed by atoms with Gasteiger partial charge in [0.05, 0.1) is 0 Å². The number of hydrogen-bond donors (Lipinski definition) is 1. The van der Waals surface area contributed by atoms with E-state index in [9.17, 15) is 0 Å². The largest absolute Gasteiger partial charge is 0.368 e. The van der Waals surface area contributed by atoms with Gasteiger partial charge in [-0.15, -0.1) is 11.3 Å². The number of ether oxygens (including phenoxy) is 1. The summed E-state index contributed by atoms with van der Waals surface area (Å²) in [5, 5.41) is 1.03. The van der Waals surface area contributed by atoms with E-state index in [0.717, 1.165) is 16.3 Å². The maximum atomic E-state index is 5.82. The van der Waals surface area contributed by atoms with Crippen molar-refractivity contribution in [3.8, 4) is 0 Å². The molecule has 0 saturated carbocycles. The second-order valence-corrected chi connectivity index (χ2v) is 4.94. The standard InChI is InChI=1S/C11H20N2OS/c1-5-11(4,14-6-2)10-13-7-9(15-10)8(3)12/h7-8H,5-6,12H2,1-4H3. The molecule has 1 aromatic heterocycles. The summed E-state index contributed by atoms with van der Waals surface area (Å²) in [6, 6.07) is 0.0546. The number of hydrogen-bond acceptors (Lipinski definition) is 4. The van der Waals surface area contributed by atoms with Crippen molar-refractivity contribution in [2.75, 3.05) is 6.61 Å². The third-order valence-corrected chi connectivity index (χ3v) is 4.01. The molecular weight excluding hydrogens is 208 g/mol.